The maximum atomic E-state index is 12.1. The van der Waals surface area contributed by atoms with Crippen LogP contribution in [-0.2, 0) is 0 Å². The number of benzene rings is 1. The minimum absolute atomic E-state index is 0.203. The summed E-state index contributed by atoms with van der Waals surface area (Å²) in [7, 11) is 0. The largest absolute Gasteiger partial charge is 0.573 e. The highest BCUT2D eigenvalue weighted by atomic mass is 79.9. The van der Waals surface area contributed by atoms with E-state index in [-0.39, 0.29) is 17.9 Å². The Balaban J connectivity index is 3.07. The average Bonchev–Trinajstić information content (AvgIpc) is 2.17. The molecule has 0 saturated carbocycles. The normalized spacial score (nSPS) is 13.6. The number of aliphatic hydroxyl groups is 1. The third-order valence-electron chi connectivity index (χ3n) is 1.86. The Morgan fingerprint density at radius 1 is 1.44 bits per heavy atom. The van der Waals surface area contributed by atoms with Gasteiger partial charge in [-0.05, 0) is 25.1 Å². The van der Waals surface area contributed by atoms with Crippen molar-refractivity contribution < 1.29 is 23.0 Å². The Morgan fingerprint density at radius 2 is 2.06 bits per heavy atom. The van der Waals surface area contributed by atoms with E-state index in [1.807, 2.05) is 0 Å². The van der Waals surface area contributed by atoms with E-state index < -0.39 is 12.3 Å². The summed E-state index contributed by atoms with van der Waals surface area (Å²) in [5.41, 5.74) is 0.203. The number of hydrogen-bond acceptors (Lipinski definition) is 2. The van der Waals surface area contributed by atoms with Crippen LogP contribution in [-0.4, -0.2) is 18.1 Å². The highest BCUT2D eigenvalue weighted by Gasteiger charge is 2.32. The molecular formula is C10H9BrF3O2. The van der Waals surface area contributed by atoms with Crippen molar-refractivity contribution >= 4 is 15.9 Å². The van der Waals surface area contributed by atoms with Gasteiger partial charge in [-0.2, -0.15) is 0 Å². The summed E-state index contributed by atoms with van der Waals surface area (Å²) in [6, 6.07) is 4.05. The van der Waals surface area contributed by atoms with Gasteiger partial charge in [-0.25, -0.2) is 0 Å². The molecule has 0 saturated heterocycles. The average molecular weight is 298 g/mol. The molecule has 0 bridgehead atoms. The maximum Gasteiger partial charge on any atom is 0.573 e. The first-order valence-corrected chi connectivity index (χ1v) is 5.12. The fourth-order valence-corrected chi connectivity index (χ4v) is 1.53. The van der Waals surface area contributed by atoms with Crippen LogP contribution in [0.5, 0.6) is 5.75 Å². The van der Waals surface area contributed by atoms with Crippen LogP contribution in [0.2, 0.25) is 0 Å². The molecule has 0 fully saturated rings. The summed E-state index contributed by atoms with van der Waals surface area (Å²) < 4.78 is 40.7. The predicted octanol–water partition coefficient (Wildman–Crippen LogP) is 3.26. The first-order valence-electron chi connectivity index (χ1n) is 4.32. The molecule has 0 amide bonds. The number of ether oxygens (including phenoxy) is 1. The molecule has 0 aliphatic carbocycles. The van der Waals surface area contributed by atoms with Crippen LogP contribution < -0.4 is 4.74 Å². The van der Waals surface area contributed by atoms with Crippen LogP contribution in [0.1, 0.15) is 11.5 Å². The molecule has 1 aromatic rings. The molecule has 1 N–H and O–H groups in total. The molecule has 0 aliphatic heterocycles. The van der Waals surface area contributed by atoms with Crippen molar-refractivity contribution in [2.45, 2.75) is 12.3 Å². The standard InChI is InChI=1S/C10H9BrF3O2/c1-6(5-15)8-4-7(11)2-3-9(8)16-10(12,13)14/h2-4,6,15H,1,5H2. The van der Waals surface area contributed by atoms with E-state index in [9.17, 15) is 13.2 Å². The minimum Gasteiger partial charge on any atom is -0.405 e. The lowest BCUT2D eigenvalue weighted by atomic mass is 10.0. The van der Waals surface area contributed by atoms with Gasteiger partial charge in [0.15, 0.2) is 0 Å². The van der Waals surface area contributed by atoms with E-state index in [1.54, 1.807) is 0 Å². The molecule has 0 spiro atoms. The minimum atomic E-state index is -4.75. The molecule has 1 aromatic carbocycles. The van der Waals surface area contributed by atoms with Gasteiger partial charge < -0.3 is 9.84 Å². The first kappa shape index (κ1) is 13.3. The molecule has 6 heteroatoms. The lowest BCUT2D eigenvalue weighted by Gasteiger charge is -2.16. The monoisotopic (exact) mass is 297 g/mol. The summed E-state index contributed by atoms with van der Waals surface area (Å²) in [5, 5.41) is 8.89. The van der Waals surface area contributed by atoms with E-state index in [2.05, 4.69) is 27.6 Å². The van der Waals surface area contributed by atoms with Gasteiger partial charge >= 0.3 is 6.36 Å². The van der Waals surface area contributed by atoms with E-state index in [0.717, 1.165) is 0 Å². The van der Waals surface area contributed by atoms with Crippen molar-refractivity contribution in [3.05, 3.63) is 35.2 Å². The van der Waals surface area contributed by atoms with E-state index >= 15 is 0 Å². The molecule has 89 valence electrons. The van der Waals surface area contributed by atoms with Crippen LogP contribution in [0.25, 0.3) is 0 Å². The van der Waals surface area contributed by atoms with Gasteiger partial charge in [0.05, 0.1) is 6.61 Å². The number of halogens is 4. The van der Waals surface area contributed by atoms with Crippen molar-refractivity contribution in [2.24, 2.45) is 0 Å². The zero-order chi connectivity index (χ0) is 12.3. The van der Waals surface area contributed by atoms with Crippen LogP contribution in [0.15, 0.2) is 22.7 Å². The van der Waals surface area contributed by atoms with Crippen LogP contribution in [0.4, 0.5) is 13.2 Å². The number of hydrogen-bond donors (Lipinski definition) is 1. The van der Waals surface area contributed by atoms with Gasteiger partial charge in [0.25, 0.3) is 0 Å². The zero-order valence-electron chi connectivity index (χ0n) is 8.09. The Labute approximate surface area is 99.2 Å². The predicted molar refractivity (Wildman–Crippen MR) is 56.0 cm³/mol. The van der Waals surface area contributed by atoms with Gasteiger partial charge in [0.2, 0.25) is 0 Å². The third-order valence-corrected chi connectivity index (χ3v) is 2.35. The summed E-state index contributed by atoms with van der Waals surface area (Å²) in [4.78, 5) is 0. The smallest absolute Gasteiger partial charge is 0.405 e. The van der Waals surface area contributed by atoms with Crippen molar-refractivity contribution in [2.75, 3.05) is 6.61 Å². The summed E-state index contributed by atoms with van der Waals surface area (Å²) in [5.74, 6) is -1.01. The second-order valence-electron chi connectivity index (χ2n) is 3.11. The topological polar surface area (TPSA) is 29.5 Å². The number of alkyl halides is 3. The van der Waals surface area contributed by atoms with Gasteiger partial charge in [-0.15, -0.1) is 13.2 Å². The van der Waals surface area contributed by atoms with Crippen LogP contribution in [0, 0.1) is 6.92 Å². The van der Waals surface area contributed by atoms with E-state index in [0.29, 0.717) is 4.47 Å². The summed E-state index contributed by atoms with van der Waals surface area (Å²) >= 11 is 3.13. The summed E-state index contributed by atoms with van der Waals surface area (Å²) in [6.45, 7) is 3.18. The Kier molecular flexibility index (Phi) is 4.21. The van der Waals surface area contributed by atoms with Crippen molar-refractivity contribution in [3.8, 4) is 5.75 Å². The van der Waals surface area contributed by atoms with Gasteiger partial charge in [-0.3, -0.25) is 0 Å². The van der Waals surface area contributed by atoms with Crippen molar-refractivity contribution in [1.82, 2.24) is 0 Å². The van der Waals surface area contributed by atoms with Gasteiger partial charge in [0, 0.05) is 16.0 Å². The van der Waals surface area contributed by atoms with Crippen molar-refractivity contribution in [3.63, 3.8) is 0 Å². The lowest BCUT2D eigenvalue weighted by Crippen LogP contribution is -2.19. The molecule has 1 unspecified atom stereocenters. The van der Waals surface area contributed by atoms with Crippen LogP contribution in [0.3, 0.4) is 0 Å². The van der Waals surface area contributed by atoms with Gasteiger partial charge in [-0.1, -0.05) is 15.9 Å². The van der Waals surface area contributed by atoms with E-state index in [1.165, 1.54) is 18.2 Å². The maximum absolute atomic E-state index is 12.1. The Morgan fingerprint density at radius 3 is 2.56 bits per heavy atom. The summed E-state index contributed by atoms with van der Waals surface area (Å²) in [6.07, 6.45) is -4.75. The Bertz CT molecular complexity index is 366. The quantitative estimate of drug-likeness (QED) is 0.928. The zero-order valence-corrected chi connectivity index (χ0v) is 9.68. The van der Waals surface area contributed by atoms with E-state index in [4.69, 9.17) is 5.11 Å². The van der Waals surface area contributed by atoms with Crippen molar-refractivity contribution in [1.29, 1.82) is 0 Å². The second-order valence-corrected chi connectivity index (χ2v) is 4.03. The molecular weight excluding hydrogens is 289 g/mol. The second kappa shape index (κ2) is 5.05. The third kappa shape index (κ3) is 3.68. The first-order chi connectivity index (χ1) is 7.33. The van der Waals surface area contributed by atoms with Gasteiger partial charge in [0.1, 0.15) is 5.75 Å². The molecule has 0 aromatic heterocycles. The fraction of sp³-hybridized carbons (Fsp3) is 0.300. The highest BCUT2D eigenvalue weighted by Crippen LogP contribution is 2.33. The molecule has 1 atom stereocenters. The molecule has 1 radical (unpaired) electrons. The number of aliphatic hydroxyl groups excluding tert-OH is 1. The fourth-order valence-electron chi connectivity index (χ4n) is 1.15. The molecule has 0 aliphatic rings. The SMILES string of the molecule is [CH2]C(CO)c1cc(Br)ccc1OC(F)(F)F. The van der Waals surface area contributed by atoms with Crippen LogP contribution >= 0.6 is 15.9 Å². The molecule has 0 heterocycles. The lowest BCUT2D eigenvalue weighted by molar-refractivity contribution is -0.275. The highest BCUT2D eigenvalue weighted by molar-refractivity contribution is 9.10. The molecule has 1 rings (SSSR count). The molecule has 16 heavy (non-hydrogen) atoms. The molecule has 2 nitrogen and oxygen atoms in total. The Hall–Kier alpha value is -0.750. The number of rotatable bonds is 3.